The Kier molecular flexibility index (Phi) is 4.77. The van der Waals surface area contributed by atoms with E-state index in [1.54, 1.807) is 12.1 Å². The van der Waals surface area contributed by atoms with Crippen LogP contribution in [0.25, 0.3) is 5.52 Å². The third-order valence-electron chi connectivity index (χ3n) is 5.20. The molecule has 1 N–H and O–H groups in total. The molecule has 0 saturated heterocycles. The molecule has 0 unspecified atom stereocenters. The van der Waals surface area contributed by atoms with Gasteiger partial charge in [0, 0.05) is 17.4 Å². The van der Waals surface area contributed by atoms with Crippen molar-refractivity contribution < 1.29 is 9.59 Å². The third kappa shape index (κ3) is 3.34. The first kappa shape index (κ1) is 18.7. The highest BCUT2D eigenvalue weighted by Gasteiger charge is 2.25. The van der Waals surface area contributed by atoms with Gasteiger partial charge in [0.2, 0.25) is 5.78 Å². The average Bonchev–Trinajstić information content (AvgIpc) is 3.02. The van der Waals surface area contributed by atoms with Crippen LogP contribution in [-0.2, 0) is 0 Å². The van der Waals surface area contributed by atoms with Crippen LogP contribution >= 0.6 is 0 Å². The number of carbonyl (C=O) groups excluding carboxylic acids is 2. The van der Waals surface area contributed by atoms with Gasteiger partial charge in [-0.3, -0.25) is 9.59 Å². The number of ketones is 1. The molecule has 2 aromatic heterocycles. The molecule has 0 aliphatic carbocycles. The fraction of sp³-hybridized carbons (Fsp3) is 0.120. The van der Waals surface area contributed by atoms with Crippen LogP contribution in [0.5, 0.6) is 0 Å². The van der Waals surface area contributed by atoms with E-state index >= 15 is 0 Å². The van der Waals surface area contributed by atoms with Crippen LogP contribution < -0.4 is 5.32 Å². The van der Waals surface area contributed by atoms with E-state index in [4.69, 9.17) is 0 Å². The van der Waals surface area contributed by atoms with Crippen molar-refractivity contribution in [3.63, 3.8) is 0 Å². The lowest BCUT2D eigenvalue weighted by molar-refractivity contribution is 0.102. The lowest BCUT2D eigenvalue weighted by atomic mass is 10.0. The number of fused-ring (bicyclic) bond motifs is 1. The number of nitrogens with zero attached hydrogens (tertiary/aromatic N) is 1. The normalized spacial score (nSPS) is 10.9. The Morgan fingerprint density at radius 1 is 0.862 bits per heavy atom. The summed E-state index contributed by atoms with van der Waals surface area (Å²) in [5.41, 5.74) is 5.93. The highest BCUT2D eigenvalue weighted by molar-refractivity contribution is 6.16. The molecule has 0 aliphatic rings. The van der Waals surface area contributed by atoms with Crippen LogP contribution in [0.15, 0.2) is 72.9 Å². The van der Waals surface area contributed by atoms with Gasteiger partial charge in [-0.1, -0.05) is 54.1 Å². The molecule has 144 valence electrons. The second-order valence-electron chi connectivity index (χ2n) is 7.27. The van der Waals surface area contributed by atoms with E-state index in [2.05, 4.69) is 5.32 Å². The third-order valence-corrected chi connectivity index (χ3v) is 5.20. The fourth-order valence-corrected chi connectivity index (χ4v) is 3.76. The van der Waals surface area contributed by atoms with E-state index in [0.29, 0.717) is 27.9 Å². The summed E-state index contributed by atoms with van der Waals surface area (Å²) in [5, 5.41) is 3.02. The van der Waals surface area contributed by atoms with Crippen molar-refractivity contribution in [2.75, 3.05) is 5.32 Å². The largest absolute Gasteiger partial charge is 0.322 e. The zero-order chi connectivity index (χ0) is 20.5. The van der Waals surface area contributed by atoms with Crippen molar-refractivity contribution in [3.05, 3.63) is 106 Å². The molecule has 0 spiro atoms. The molecule has 0 aliphatic heterocycles. The molecule has 29 heavy (non-hydrogen) atoms. The second-order valence-corrected chi connectivity index (χ2v) is 7.27. The molecule has 2 aromatic carbocycles. The van der Waals surface area contributed by atoms with Crippen molar-refractivity contribution in [1.29, 1.82) is 0 Å². The predicted octanol–water partition coefficient (Wildman–Crippen LogP) is 5.35. The number of benzene rings is 2. The minimum atomic E-state index is -0.217. The van der Waals surface area contributed by atoms with E-state index in [9.17, 15) is 9.59 Å². The number of amides is 1. The first-order valence-corrected chi connectivity index (χ1v) is 9.55. The molecular weight excluding hydrogens is 360 g/mol. The zero-order valence-electron chi connectivity index (χ0n) is 16.7. The quantitative estimate of drug-likeness (QED) is 0.484. The van der Waals surface area contributed by atoms with Crippen molar-refractivity contribution in [2.24, 2.45) is 0 Å². The van der Waals surface area contributed by atoms with Gasteiger partial charge in [0.15, 0.2) is 0 Å². The second kappa shape index (κ2) is 7.40. The lowest BCUT2D eigenvalue weighted by Crippen LogP contribution is -2.14. The minimum Gasteiger partial charge on any atom is -0.322 e. The maximum Gasteiger partial charge on any atom is 0.258 e. The molecule has 4 heteroatoms. The van der Waals surface area contributed by atoms with Crippen molar-refractivity contribution in [3.8, 4) is 0 Å². The molecule has 2 heterocycles. The highest BCUT2D eigenvalue weighted by Crippen LogP contribution is 2.27. The van der Waals surface area contributed by atoms with Gasteiger partial charge in [-0.15, -0.1) is 0 Å². The van der Waals surface area contributed by atoms with Crippen LogP contribution in [-0.4, -0.2) is 16.1 Å². The number of aryl methyl sites for hydroxylation is 2. The predicted molar refractivity (Wildman–Crippen MR) is 116 cm³/mol. The van der Waals surface area contributed by atoms with Gasteiger partial charge in [-0.2, -0.15) is 0 Å². The maximum atomic E-state index is 13.2. The van der Waals surface area contributed by atoms with Crippen molar-refractivity contribution in [1.82, 2.24) is 4.40 Å². The standard InChI is InChI=1S/C25H22N2O2/c1-16-12-13-20(17(2)15-16)26-25(29)22-18(3)23(27-14-8-7-11-21(22)27)24(28)19-9-5-4-6-10-19/h4-15H,1-3H3,(H,26,29). The fourth-order valence-electron chi connectivity index (χ4n) is 3.76. The van der Waals surface area contributed by atoms with Crippen molar-refractivity contribution >= 4 is 22.9 Å². The molecule has 0 bridgehead atoms. The number of hydrogen-bond acceptors (Lipinski definition) is 2. The average molecular weight is 382 g/mol. The van der Waals surface area contributed by atoms with Gasteiger partial charge in [0.25, 0.3) is 5.91 Å². The Morgan fingerprint density at radius 2 is 1.59 bits per heavy atom. The smallest absolute Gasteiger partial charge is 0.258 e. The van der Waals surface area contributed by atoms with Gasteiger partial charge in [-0.25, -0.2) is 0 Å². The van der Waals surface area contributed by atoms with E-state index in [1.165, 1.54) is 0 Å². The summed E-state index contributed by atoms with van der Waals surface area (Å²) in [6.45, 7) is 5.82. The van der Waals surface area contributed by atoms with Gasteiger partial charge in [0.1, 0.15) is 0 Å². The summed E-state index contributed by atoms with van der Waals surface area (Å²) in [6.07, 6.45) is 1.83. The van der Waals surface area contributed by atoms with Gasteiger partial charge in [0.05, 0.1) is 16.8 Å². The first-order chi connectivity index (χ1) is 14.0. The Bertz CT molecular complexity index is 1240. The summed E-state index contributed by atoms with van der Waals surface area (Å²) in [6, 6.07) is 20.7. The van der Waals surface area contributed by atoms with Gasteiger partial charge in [-0.05, 0) is 50.1 Å². The number of carbonyl (C=O) groups is 2. The van der Waals surface area contributed by atoms with Crippen molar-refractivity contribution in [2.45, 2.75) is 20.8 Å². The number of nitrogens with one attached hydrogen (secondary N) is 1. The summed E-state index contributed by atoms with van der Waals surface area (Å²) in [7, 11) is 0. The topological polar surface area (TPSA) is 50.6 Å². The van der Waals surface area contributed by atoms with E-state index in [0.717, 1.165) is 16.8 Å². The van der Waals surface area contributed by atoms with Gasteiger partial charge >= 0.3 is 0 Å². The Morgan fingerprint density at radius 3 is 2.31 bits per heavy atom. The molecule has 0 saturated carbocycles. The Balaban J connectivity index is 1.82. The van der Waals surface area contributed by atoms with Gasteiger partial charge < -0.3 is 9.72 Å². The van der Waals surface area contributed by atoms with Crippen LogP contribution in [0.1, 0.15) is 43.1 Å². The Labute approximate surface area is 169 Å². The molecule has 4 nitrogen and oxygen atoms in total. The van der Waals surface area contributed by atoms with Crippen LogP contribution in [0.2, 0.25) is 0 Å². The molecule has 4 rings (SSSR count). The number of hydrogen-bond donors (Lipinski definition) is 1. The maximum absolute atomic E-state index is 13.2. The zero-order valence-corrected chi connectivity index (χ0v) is 16.7. The number of pyridine rings is 1. The number of anilines is 1. The Hall–Kier alpha value is -3.66. The molecule has 0 atom stereocenters. The summed E-state index contributed by atoms with van der Waals surface area (Å²) in [4.78, 5) is 26.4. The molecule has 4 aromatic rings. The summed E-state index contributed by atoms with van der Waals surface area (Å²) in [5.74, 6) is -0.319. The lowest BCUT2D eigenvalue weighted by Gasteiger charge is -2.09. The number of rotatable bonds is 4. The van der Waals surface area contributed by atoms with E-state index in [-0.39, 0.29) is 11.7 Å². The monoisotopic (exact) mass is 382 g/mol. The van der Waals surface area contributed by atoms with Crippen LogP contribution in [0.3, 0.4) is 0 Å². The highest BCUT2D eigenvalue weighted by atomic mass is 16.1. The first-order valence-electron chi connectivity index (χ1n) is 9.55. The van der Waals surface area contributed by atoms with Crippen LogP contribution in [0.4, 0.5) is 5.69 Å². The summed E-state index contributed by atoms with van der Waals surface area (Å²) < 4.78 is 1.81. The molecular formula is C25H22N2O2. The van der Waals surface area contributed by atoms with Crippen LogP contribution in [0, 0.1) is 20.8 Å². The summed E-state index contributed by atoms with van der Waals surface area (Å²) >= 11 is 0. The molecule has 0 radical (unpaired) electrons. The SMILES string of the molecule is Cc1ccc(NC(=O)c2c(C)c(C(=O)c3ccccc3)n3ccccc23)c(C)c1. The van der Waals surface area contributed by atoms with E-state index in [1.807, 2.05) is 86.0 Å². The molecule has 1 amide bonds. The molecule has 0 fully saturated rings. The van der Waals surface area contributed by atoms with E-state index < -0.39 is 0 Å². The minimum absolute atomic E-state index is 0.102. The number of aromatic nitrogens is 1.